The first-order chi connectivity index (χ1) is 28.5. The number of nitrogens with zero attached hydrogens (tertiary/aromatic N) is 1. The second kappa shape index (κ2) is 42.0. The van der Waals surface area contributed by atoms with Gasteiger partial charge in [-0.1, -0.05) is 211 Å². The van der Waals surface area contributed by atoms with E-state index in [0.29, 0.717) is 17.4 Å². The highest BCUT2D eigenvalue weighted by atomic mass is 31.2. The van der Waals surface area contributed by atoms with Gasteiger partial charge in [0.2, 0.25) is 5.91 Å². The zero-order valence-corrected chi connectivity index (χ0v) is 40.4. The minimum absolute atomic E-state index is 0.00779. The van der Waals surface area contributed by atoms with Crippen LogP contribution in [0.25, 0.3) is 0 Å². The van der Waals surface area contributed by atoms with Gasteiger partial charge < -0.3 is 28.8 Å². The third-order valence-corrected chi connectivity index (χ3v) is 12.0. The molecule has 2 N–H and O–H groups in total. The number of aliphatic hydroxyl groups is 1. The van der Waals surface area contributed by atoms with Crippen molar-refractivity contribution in [2.45, 2.75) is 238 Å². The number of hydrogen-bond acceptors (Lipinski definition) is 6. The van der Waals surface area contributed by atoms with Crippen molar-refractivity contribution >= 4 is 13.7 Å². The van der Waals surface area contributed by atoms with Crippen molar-refractivity contribution < 1.29 is 32.9 Å². The molecule has 0 rings (SSSR count). The van der Waals surface area contributed by atoms with Crippen molar-refractivity contribution in [3.05, 3.63) is 36.5 Å². The molecule has 9 heteroatoms. The molecule has 0 heterocycles. The van der Waals surface area contributed by atoms with Gasteiger partial charge in [0.15, 0.2) is 0 Å². The highest BCUT2D eigenvalue weighted by molar-refractivity contribution is 7.45. The fourth-order valence-electron chi connectivity index (χ4n) is 7.13. The van der Waals surface area contributed by atoms with Gasteiger partial charge in [-0.2, -0.15) is 0 Å². The average Bonchev–Trinajstić information content (AvgIpc) is 3.19. The SMILES string of the molecule is CCCCCCCCCCCCCCCC/C=C/CC/C=C/CC/C=C/C(O)C(COP(=O)([O-])OCC[N+](C)(C)C)NC(=O)CCCCCCCCCCCCCCC. The van der Waals surface area contributed by atoms with Gasteiger partial charge in [0.05, 0.1) is 39.9 Å². The second-order valence-electron chi connectivity index (χ2n) is 18.2. The number of carbonyl (C=O) groups is 1. The summed E-state index contributed by atoms with van der Waals surface area (Å²) >= 11 is 0. The van der Waals surface area contributed by atoms with Gasteiger partial charge in [0, 0.05) is 6.42 Å². The largest absolute Gasteiger partial charge is 0.756 e. The molecule has 59 heavy (non-hydrogen) atoms. The Bertz CT molecular complexity index is 1060. The molecule has 0 radical (unpaired) electrons. The first kappa shape index (κ1) is 57.7. The van der Waals surface area contributed by atoms with Gasteiger partial charge >= 0.3 is 0 Å². The van der Waals surface area contributed by atoms with Crippen LogP contribution in [0.1, 0.15) is 226 Å². The highest BCUT2D eigenvalue weighted by Crippen LogP contribution is 2.38. The zero-order chi connectivity index (χ0) is 43.6. The van der Waals surface area contributed by atoms with E-state index in [0.717, 1.165) is 44.9 Å². The van der Waals surface area contributed by atoms with Gasteiger partial charge in [-0.3, -0.25) is 9.36 Å². The van der Waals surface area contributed by atoms with Crippen molar-refractivity contribution in [1.29, 1.82) is 0 Å². The summed E-state index contributed by atoms with van der Waals surface area (Å²) in [5.41, 5.74) is 0. The van der Waals surface area contributed by atoms with Gasteiger partial charge in [0.25, 0.3) is 7.82 Å². The lowest BCUT2D eigenvalue weighted by Gasteiger charge is -2.29. The first-order valence-corrected chi connectivity index (χ1v) is 26.3. The molecule has 0 saturated heterocycles. The van der Waals surface area contributed by atoms with Crippen LogP contribution in [0.4, 0.5) is 0 Å². The molecular weight excluding hydrogens is 756 g/mol. The number of hydrogen-bond donors (Lipinski definition) is 2. The smallest absolute Gasteiger partial charge is 0.268 e. The van der Waals surface area contributed by atoms with Crippen LogP contribution in [0, 0.1) is 0 Å². The molecule has 3 unspecified atom stereocenters. The Morgan fingerprint density at radius 2 is 0.949 bits per heavy atom. The molecule has 0 saturated carbocycles. The number of carbonyl (C=O) groups excluding carboxylic acids is 1. The molecule has 1 amide bonds. The number of phosphoric ester groups is 1. The molecule has 0 fully saturated rings. The van der Waals surface area contributed by atoms with E-state index in [-0.39, 0.29) is 12.5 Å². The van der Waals surface area contributed by atoms with Crippen LogP contribution in [0.3, 0.4) is 0 Å². The van der Waals surface area contributed by atoms with Crippen LogP contribution in [0.5, 0.6) is 0 Å². The number of quaternary nitrogens is 1. The van der Waals surface area contributed by atoms with Gasteiger partial charge in [-0.05, 0) is 44.9 Å². The number of rotatable bonds is 45. The molecule has 0 spiro atoms. The molecule has 0 aliphatic rings. The number of aliphatic hydroxyl groups excluding tert-OH is 1. The highest BCUT2D eigenvalue weighted by Gasteiger charge is 2.23. The zero-order valence-electron chi connectivity index (χ0n) is 39.5. The third-order valence-electron chi connectivity index (χ3n) is 11.1. The van der Waals surface area contributed by atoms with Crippen molar-refractivity contribution in [1.82, 2.24) is 5.32 Å². The molecule has 0 aromatic heterocycles. The Balaban J connectivity index is 4.36. The summed E-state index contributed by atoms with van der Waals surface area (Å²) in [6.45, 7) is 4.63. The number of unbranched alkanes of at least 4 members (excludes halogenated alkanes) is 28. The lowest BCUT2D eigenvalue weighted by atomic mass is 10.0. The maximum Gasteiger partial charge on any atom is 0.268 e. The quantitative estimate of drug-likeness (QED) is 0.0273. The maximum absolute atomic E-state index is 12.9. The topological polar surface area (TPSA) is 108 Å². The summed E-state index contributed by atoms with van der Waals surface area (Å²) in [6.07, 6.45) is 52.1. The summed E-state index contributed by atoms with van der Waals surface area (Å²) in [5.74, 6) is -0.211. The van der Waals surface area contributed by atoms with E-state index in [9.17, 15) is 19.4 Å². The standard InChI is InChI=1S/C50H97N2O6P/c1-6-8-10-12-14-16-18-20-21-22-23-24-25-26-27-28-29-30-32-33-35-37-39-41-43-49(53)48(47-58-59(55,56)57-46-45-52(3,4)5)51-50(54)44-42-40-38-36-34-31-19-17-15-13-11-9-7-2/h28-29,33,35,41,43,48-49,53H,6-27,30-32,34,36-40,42,44-47H2,1-5H3,(H-,51,54,55,56)/b29-28+,35-33+,43-41+. The van der Waals surface area contributed by atoms with Crippen molar-refractivity contribution in [2.75, 3.05) is 40.9 Å². The molecule has 0 bridgehead atoms. The number of allylic oxidation sites excluding steroid dienone is 5. The molecule has 3 atom stereocenters. The Kier molecular flexibility index (Phi) is 41.1. The molecule has 8 nitrogen and oxygen atoms in total. The summed E-state index contributed by atoms with van der Waals surface area (Å²) in [7, 11) is 1.24. The Morgan fingerprint density at radius 1 is 0.576 bits per heavy atom. The Labute approximate surface area is 366 Å². The predicted molar refractivity (Wildman–Crippen MR) is 251 cm³/mol. The average molecular weight is 853 g/mol. The fourth-order valence-corrected chi connectivity index (χ4v) is 7.85. The molecule has 0 aromatic rings. The summed E-state index contributed by atoms with van der Waals surface area (Å²) in [4.78, 5) is 25.3. The number of amides is 1. The minimum Gasteiger partial charge on any atom is -0.756 e. The predicted octanol–water partition coefficient (Wildman–Crippen LogP) is 13.6. The van der Waals surface area contributed by atoms with Crippen LogP contribution < -0.4 is 10.2 Å². The van der Waals surface area contributed by atoms with Gasteiger partial charge in [-0.15, -0.1) is 0 Å². The second-order valence-corrected chi connectivity index (χ2v) is 19.6. The number of likely N-dealkylation sites (N-methyl/N-ethyl adjacent to an activating group) is 1. The molecular formula is C50H97N2O6P. The summed E-state index contributed by atoms with van der Waals surface area (Å²) in [6, 6.07) is -0.906. The van der Waals surface area contributed by atoms with Crippen LogP contribution in [0.15, 0.2) is 36.5 Å². The van der Waals surface area contributed by atoms with Crippen molar-refractivity contribution in [2.24, 2.45) is 0 Å². The Hall–Kier alpha value is -1.28. The molecule has 348 valence electrons. The van der Waals surface area contributed by atoms with E-state index in [2.05, 4.69) is 43.5 Å². The normalized spacial score (nSPS) is 14.5. The number of phosphoric acid groups is 1. The minimum atomic E-state index is -4.60. The van der Waals surface area contributed by atoms with Gasteiger partial charge in [0.1, 0.15) is 13.2 Å². The van der Waals surface area contributed by atoms with E-state index < -0.39 is 26.6 Å². The van der Waals surface area contributed by atoms with Crippen molar-refractivity contribution in [3.63, 3.8) is 0 Å². The lowest BCUT2D eigenvalue weighted by Crippen LogP contribution is -2.45. The van der Waals surface area contributed by atoms with Crippen LogP contribution in [0.2, 0.25) is 0 Å². The Morgan fingerprint density at radius 3 is 1.37 bits per heavy atom. The fraction of sp³-hybridized carbons (Fsp3) is 0.860. The molecule has 0 aliphatic carbocycles. The molecule has 0 aromatic carbocycles. The lowest BCUT2D eigenvalue weighted by molar-refractivity contribution is -0.870. The summed E-state index contributed by atoms with van der Waals surface area (Å²) in [5, 5.41) is 13.8. The van der Waals surface area contributed by atoms with Crippen LogP contribution >= 0.6 is 7.82 Å². The summed E-state index contributed by atoms with van der Waals surface area (Å²) < 4.78 is 23.2. The van der Waals surface area contributed by atoms with E-state index in [1.54, 1.807) is 6.08 Å². The first-order valence-electron chi connectivity index (χ1n) is 24.9. The van der Waals surface area contributed by atoms with E-state index in [1.165, 1.54) is 161 Å². The van der Waals surface area contributed by atoms with Gasteiger partial charge in [-0.25, -0.2) is 0 Å². The monoisotopic (exact) mass is 853 g/mol. The maximum atomic E-state index is 12.9. The van der Waals surface area contributed by atoms with E-state index in [4.69, 9.17) is 9.05 Å². The van der Waals surface area contributed by atoms with Crippen molar-refractivity contribution in [3.8, 4) is 0 Å². The number of nitrogens with one attached hydrogen (secondary N) is 1. The van der Waals surface area contributed by atoms with Crippen LogP contribution in [-0.4, -0.2) is 68.5 Å². The van der Waals surface area contributed by atoms with E-state index >= 15 is 0 Å². The van der Waals surface area contributed by atoms with E-state index in [1.807, 2.05) is 27.2 Å². The van der Waals surface area contributed by atoms with Crippen LogP contribution in [-0.2, 0) is 18.4 Å². The molecule has 0 aliphatic heterocycles. The third kappa shape index (κ3) is 44.6.